The molecule has 6 nitrogen and oxygen atoms in total. The van der Waals surface area contributed by atoms with Crippen molar-refractivity contribution in [2.45, 2.75) is 404 Å². The predicted octanol–water partition coefficient (Wildman–Crippen LogP) is 20.9. The van der Waals surface area contributed by atoms with E-state index in [-0.39, 0.29) is 0 Å². The lowest BCUT2D eigenvalue weighted by Crippen LogP contribution is -2.53. The fraction of sp³-hybridized carbons (Fsp3) is 0.928. The van der Waals surface area contributed by atoms with Crippen molar-refractivity contribution in [3.8, 4) is 0 Å². The highest BCUT2D eigenvalue weighted by atomic mass is 16.3. The molecule has 1 amide bonds. The molecule has 75 heavy (non-hydrogen) atoms. The van der Waals surface area contributed by atoms with Crippen molar-refractivity contribution in [1.29, 1.82) is 0 Å². The van der Waals surface area contributed by atoms with E-state index in [9.17, 15) is 25.2 Å². The molecule has 0 aliphatic heterocycles. The standard InChI is InChI=1S/C69H135NO5/c1-3-5-7-9-11-13-15-17-19-21-23-25-27-29-31-33-35-37-39-41-43-45-47-49-51-53-55-57-59-61-63-67(73)69(75)70-65(64-71)68(74)66(72)62-60-58-56-54-52-50-48-46-44-42-40-38-36-34-32-30-28-26-24-22-20-18-16-14-12-10-8-6-4-2/h23,25,29,31,65-68,71-74H,3-22,24,26-28,30,32-64H2,1-2H3,(H,70,75)/b25-23-,31-29-. The van der Waals surface area contributed by atoms with Gasteiger partial charge in [-0.2, -0.15) is 0 Å². The minimum absolute atomic E-state index is 0.371. The van der Waals surface area contributed by atoms with Gasteiger partial charge in [0.05, 0.1) is 18.8 Å². The third-order valence-electron chi connectivity index (χ3n) is 16.4. The van der Waals surface area contributed by atoms with E-state index < -0.39 is 36.9 Å². The molecule has 0 aromatic heterocycles. The van der Waals surface area contributed by atoms with E-state index in [1.807, 2.05) is 0 Å². The van der Waals surface area contributed by atoms with Gasteiger partial charge in [-0.15, -0.1) is 0 Å². The number of carbonyl (C=O) groups is 1. The van der Waals surface area contributed by atoms with Crippen LogP contribution in [0.25, 0.3) is 0 Å². The monoisotopic (exact) mass is 1060 g/mol. The Labute approximate surface area is 469 Å². The minimum atomic E-state index is -1.26. The summed E-state index contributed by atoms with van der Waals surface area (Å²) in [4.78, 5) is 12.7. The van der Waals surface area contributed by atoms with Crippen LogP contribution in [-0.2, 0) is 4.79 Å². The molecular formula is C69H135NO5. The van der Waals surface area contributed by atoms with E-state index in [1.54, 1.807) is 0 Å². The van der Waals surface area contributed by atoms with Crippen LogP contribution >= 0.6 is 0 Å². The van der Waals surface area contributed by atoms with Gasteiger partial charge in [0.15, 0.2) is 0 Å². The Morgan fingerprint density at radius 3 is 0.840 bits per heavy atom. The normalized spacial score (nSPS) is 13.6. The highest BCUT2D eigenvalue weighted by Gasteiger charge is 2.28. The second kappa shape index (κ2) is 63.6. The number of nitrogens with one attached hydrogen (secondary N) is 1. The van der Waals surface area contributed by atoms with Gasteiger partial charge in [0, 0.05) is 0 Å². The van der Waals surface area contributed by atoms with E-state index in [4.69, 9.17) is 0 Å². The SMILES string of the molecule is CCCCCCCCCCC/C=C\C/C=C\CCCCCCCCCCCCCCCCC(O)C(=O)NC(CO)C(O)C(O)CCCCCCCCCCCCCCCCCCCCCCCCCCCCCCC. The van der Waals surface area contributed by atoms with Crippen molar-refractivity contribution in [3.05, 3.63) is 24.3 Å². The first-order valence-corrected chi connectivity index (χ1v) is 34.2. The van der Waals surface area contributed by atoms with Crippen LogP contribution in [-0.4, -0.2) is 57.3 Å². The van der Waals surface area contributed by atoms with Gasteiger partial charge >= 0.3 is 0 Å². The number of aliphatic hydroxyl groups excluding tert-OH is 4. The Morgan fingerprint density at radius 2 is 0.573 bits per heavy atom. The van der Waals surface area contributed by atoms with Crippen LogP contribution in [0.15, 0.2) is 24.3 Å². The average molecular weight is 1060 g/mol. The topological polar surface area (TPSA) is 110 Å². The third kappa shape index (κ3) is 57.3. The Bertz CT molecular complexity index is 1140. The Morgan fingerprint density at radius 1 is 0.333 bits per heavy atom. The van der Waals surface area contributed by atoms with Gasteiger partial charge < -0.3 is 25.7 Å². The molecular weight excluding hydrogens is 923 g/mol. The van der Waals surface area contributed by atoms with Gasteiger partial charge in [0.1, 0.15) is 12.2 Å². The summed E-state index contributed by atoms with van der Waals surface area (Å²) < 4.78 is 0. The maximum absolute atomic E-state index is 12.7. The molecule has 0 rings (SSSR count). The first kappa shape index (κ1) is 73.8. The largest absolute Gasteiger partial charge is 0.394 e. The number of rotatable bonds is 64. The zero-order valence-electron chi connectivity index (χ0n) is 50.8. The number of hydrogen-bond donors (Lipinski definition) is 5. The van der Waals surface area contributed by atoms with Gasteiger partial charge in [-0.05, 0) is 44.9 Å². The molecule has 5 N–H and O–H groups in total. The lowest BCUT2D eigenvalue weighted by molar-refractivity contribution is -0.132. The summed E-state index contributed by atoms with van der Waals surface area (Å²) >= 11 is 0. The summed E-state index contributed by atoms with van der Waals surface area (Å²) in [6.07, 6.45) is 80.1. The molecule has 0 aliphatic rings. The zero-order chi connectivity index (χ0) is 54.4. The lowest BCUT2D eigenvalue weighted by Gasteiger charge is -2.27. The van der Waals surface area contributed by atoms with E-state index in [1.165, 1.54) is 308 Å². The highest BCUT2D eigenvalue weighted by molar-refractivity contribution is 5.80. The molecule has 0 aromatic carbocycles. The number of hydrogen-bond acceptors (Lipinski definition) is 5. The summed E-state index contributed by atoms with van der Waals surface area (Å²) in [6, 6.07) is -0.986. The average Bonchev–Trinajstić information content (AvgIpc) is 3.42. The molecule has 4 atom stereocenters. The van der Waals surface area contributed by atoms with Crippen LogP contribution in [0.2, 0.25) is 0 Å². The second-order valence-electron chi connectivity index (χ2n) is 23.9. The maximum Gasteiger partial charge on any atom is 0.249 e. The molecule has 4 unspecified atom stereocenters. The van der Waals surface area contributed by atoms with Gasteiger partial charge in [-0.1, -0.05) is 359 Å². The third-order valence-corrected chi connectivity index (χ3v) is 16.4. The van der Waals surface area contributed by atoms with Crippen molar-refractivity contribution in [3.63, 3.8) is 0 Å². The molecule has 0 aliphatic carbocycles. The Hall–Kier alpha value is -1.21. The number of aliphatic hydroxyl groups is 4. The molecule has 6 heteroatoms. The molecule has 0 fully saturated rings. The van der Waals surface area contributed by atoms with E-state index in [0.29, 0.717) is 12.8 Å². The molecule has 446 valence electrons. The Balaban J connectivity index is 3.55. The fourth-order valence-electron chi connectivity index (χ4n) is 11.1. The molecule has 0 aromatic rings. The first-order chi connectivity index (χ1) is 37.0. The Kier molecular flexibility index (Phi) is 62.6. The number of carbonyl (C=O) groups excluding carboxylic acids is 1. The quantitative estimate of drug-likeness (QED) is 0.0308. The first-order valence-electron chi connectivity index (χ1n) is 34.2. The summed E-state index contributed by atoms with van der Waals surface area (Å²) in [5.41, 5.74) is 0. The van der Waals surface area contributed by atoms with Crippen molar-refractivity contribution in [2.75, 3.05) is 6.61 Å². The van der Waals surface area contributed by atoms with Gasteiger partial charge in [-0.3, -0.25) is 4.79 Å². The summed E-state index contributed by atoms with van der Waals surface area (Å²) in [5.74, 6) is -0.577. The number of amides is 1. The number of unbranched alkanes of at least 4 members (excludes halogenated alkanes) is 51. The maximum atomic E-state index is 12.7. The molecule has 0 heterocycles. The fourth-order valence-corrected chi connectivity index (χ4v) is 11.1. The smallest absolute Gasteiger partial charge is 0.249 e. The van der Waals surface area contributed by atoms with Crippen molar-refractivity contribution < 1.29 is 25.2 Å². The zero-order valence-corrected chi connectivity index (χ0v) is 50.8. The van der Waals surface area contributed by atoms with E-state index in [0.717, 1.165) is 44.9 Å². The van der Waals surface area contributed by atoms with Crippen molar-refractivity contribution in [2.24, 2.45) is 0 Å². The van der Waals surface area contributed by atoms with Crippen LogP contribution in [0.5, 0.6) is 0 Å². The van der Waals surface area contributed by atoms with Crippen LogP contribution < -0.4 is 5.32 Å². The summed E-state index contributed by atoms with van der Waals surface area (Å²) in [7, 11) is 0. The van der Waals surface area contributed by atoms with E-state index >= 15 is 0 Å². The predicted molar refractivity (Wildman–Crippen MR) is 330 cm³/mol. The van der Waals surface area contributed by atoms with Gasteiger partial charge in [0.2, 0.25) is 5.91 Å². The minimum Gasteiger partial charge on any atom is -0.394 e. The van der Waals surface area contributed by atoms with Crippen LogP contribution in [0.3, 0.4) is 0 Å². The van der Waals surface area contributed by atoms with Crippen LogP contribution in [0.1, 0.15) is 380 Å². The molecule has 0 saturated carbocycles. The lowest BCUT2D eigenvalue weighted by atomic mass is 9.99. The van der Waals surface area contributed by atoms with Gasteiger partial charge in [0.25, 0.3) is 0 Å². The molecule has 0 saturated heterocycles. The van der Waals surface area contributed by atoms with Crippen molar-refractivity contribution in [1.82, 2.24) is 5.32 Å². The molecule has 0 radical (unpaired) electrons. The van der Waals surface area contributed by atoms with Crippen molar-refractivity contribution >= 4 is 5.91 Å². The van der Waals surface area contributed by atoms with E-state index in [2.05, 4.69) is 43.5 Å². The van der Waals surface area contributed by atoms with Gasteiger partial charge in [-0.25, -0.2) is 0 Å². The summed E-state index contributed by atoms with van der Waals surface area (Å²) in [5, 5.41) is 44.2. The van der Waals surface area contributed by atoms with Crippen LogP contribution in [0.4, 0.5) is 0 Å². The molecule has 0 spiro atoms. The molecule has 0 bridgehead atoms. The van der Waals surface area contributed by atoms with Crippen LogP contribution in [0, 0.1) is 0 Å². The second-order valence-corrected chi connectivity index (χ2v) is 23.9. The number of allylic oxidation sites excluding steroid dienone is 4. The highest BCUT2D eigenvalue weighted by Crippen LogP contribution is 2.19. The summed E-state index contributed by atoms with van der Waals surface area (Å²) in [6.45, 7) is 4.11.